The molecule has 0 aliphatic heterocycles. The molecular weight excluding hydrogens is 310 g/mol. The van der Waals surface area contributed by atoms with Gasteiger partial charge in [-0.1, -0.05) is 29.5 Å². The zero-order valence-corrected chi connectivity index (χ0v) is 13.9. The summed E-state index contributed by atoms with van der Waals surface area (Å²) in [5, 5.41) is 7.44. The molecule has 1 atom stereocenters. The molecule has 1 aliphatic rings. The van der Waals surface area contributed by atoms with Gasteiger partial charge >= 0.3 is 0 Å². The van der Waals surface area contributed by atoms with Crippen molar-refractivity contribution in [2.75, 3.05) is 5.32 Å². The first-order chi connectivity index (χ1) is 11.1. The van der Waals surface area contributed by atoms with Crippen LogP contribution in [0.4, 0.5) is 5.13 Å². The van der Waals surface area contributed by atoms with Crippen LogP contribution in [0.5, 0.6) is 0 Å². The second-order valence-corrected chi connectivity index (χ2v) is 7.26. The van der Waals surface area contributed by atoms with Gasteiger partial charge in [-0.25, -0.2) is 4.98 Å². The minimum atomic E-state index is -0.236. The Morgan fingerprint density at radius 1 is 1.43 bits per heavy atom. The van der Waals surface area contributed by atoms with Crippen LogP contribution in [0.25, 0.3) is 10.2 Å². The third kappa shape index (κ3) is 2.63. The molecule has 3 aromatic rings. The van der Waals surface area contributed by atoms with E-state index in [1.807, 2.05) is 19.1 Å². The van der Waals surface area contributed by atoms with Gasteiger partial charge in [0.15, 0.2) is 10.8 Å². The second-order valence-electron chi connectivity index (χ2n) is 6.23. The monoisotopic (exact) mass is 327 g/mol. The number of nitrogens with one attached hydrogen (secondary N) is 1. The van der Waals surface area contributed by atoms with Crippen molar-refractivity contribution < 1.29 is 9.32 Å². The van der Waals surface area contributed by atoms with E-state index in [1.165, 1.54) is 16.9 Å². The van der Waals surface area contributed by atoms with Gasteiger partial charge in [-0.15, -0.1) is 0 Å². The van der Waals surface area contributed by atoms with E-state index in [4.69, 9.17) is 4.52 Å². The van der Waals surface area contributed by atoms with Crippen molar-refractivity contribution >= 4 is 32.6 Å². The number of hydrogen-bond donors (Lipinski definition) is 1. The van der Waals surface area contributed by atoms with Gasteiger partial charge in [0.1, 0.15) is 5.76 Å². The fourth-order valence-corrected chi connectivity index (χ4v) is 3.96. The summed E-state index contributed by atoms with van der Waals surface area (Å²) < 4.78 is 6.41. The van der Waals surface area contributed by atoms with Crippen molar-refractivity contribution in [1.82, 2.24) is 10.1 Å². The fraction of sp³-hybridized carbons (Fsp3) is 0.353. The molecule has 2 heterocycles. The second kappa shape index (κ2) is 5.45. The molecular formula is C17H17N3O2S. The Morgan fingerprint density at radius 3 is 3.17 bits per heavy atom. The van der Waals surface area contributed by atoms with E-state index in [1.54, 1.807) is 0 Å². The van der Waals surface area contributed by atoms with Crippen LogP contribution in [-0.2, 0) is 12.8 Å². The Labute approximate surface area is 137 Å². The fourth-order valence-electron chi connectivity index (χ4n) is 3.00. The number of aryl methyl sites for hydroxylation is 2. The summed E-state index contributed by atoms with van der Waals surface area (Å²) in [5.74, 6) is 1.17. The maximum atomic E-state index is 12.5. The molecule has 118 valence electrons. The highest BCUT2D eigenvalue weighted by atomic mass is 32.1. The molecule has 2 aromatic heterocycles. The lowest BCUT2D eigenvalue weighted by atomic mass is 9.88. The van der Waals surface area contributed by atoms with Crippen LogP contribution in [0.3, 0.4) is 0 Å². The average Bonchev–Trinajstić information content (AvgIpc) is 3.09. The number of rotatable bonds is 2. The summed E-state index contributed by atoms with van der Waals surface area (Å²) in [4.78, 5) is 17.0. The Morgan fingerprint density at radius 2 is 2.30 bits per heavy atom. The lowest BCUT2D eigenvalue weighted by molar-refractivity contribution is 0.101. The lowest BCUT2D eigenvalue weighted by Gasteiger charge is -2.16. The Balaban J connectivity index is 1.61. The molecule has 1 N–H and O–H groups in total. The molecule has 1 unspecified atom stereocenters. The number of amides is 1. The van der Waals surface area contributed by atoms with Gasteiger partial charge in [0.2, 0.25) is 0 Å². The maximum absolute atomic E-state index is 12.5. The molecule has 1 aliphatic carbocycles. The molecule has 0 saturated carbocycles. The van der Waals surface area contributed by atoms with Gasteiger partial charge in [-0.3, -0.25) is 10.1 Å². The summed E-state index contributed by atoms with van der Waals surface area (Å²) >= 11 is 1.47. The summed E-state index contributed by atoms with van der Waals surface area (Å²) in [6.07, 6.45) is 2.79. The first-order valence-corrected chi connectivity index (χ1v) is 8.58. The number of aromatic nitrogens is 2. The number of thiazole rings is 1. The normalized spacial score (nSPS) is 17.2. The van der Waals surface area contributed by atoms with E-state index in [0.717, 1.165) is 40.8 Å². The van der Waals surface area contributed by atoms with Crippen LogP contribution in [0.2, 0.25) is 0 Å². The zero-order valence-electron chi connectivity index (χ0n) is 13.0. The smallest absolute Gasteiger partial charge is 0.279 e. The summed E-state index contributed by atoms with van der Waals surface area (Å²) in [7, 11) is 0. The van der Waals surface area contributed by atoms with Crippen molar-refractivity contribution in [3.63, 3.8) is 0 Å². The van der Waals surface area contributed by atoms with Gasteiger partial charge in [0.05, 0.1) is 10.2 Å². The molecule has 4 rings (SSSR count). The van der Waals surface area contributed by atoms with Gasteiger partial charge in [0.25, 0.3) is 5.91 Å². The quantitative estimate of drug-likeness (QED) is 0.773. The first kappa shape index (κ1) is 14.4. The largest absolute Gasteiger partial charge is 0.360 e. The highest BCUT2D eigenvalue weighted by Gasteiger charge is 2.27. The molecule has 0 spiro atoms. The topological polar surface area (TPSA) is 68.0 Å². The number of carbonyl (C=O) groups excluding carboxylic acids is 1. The van der Waals surface area contributed by atoms with E-state index in [2.05, 4.69) is 28.4 Å². The van der Waals surface area contributed by atoms with Crippen molar-refractivity contribution in [1.29, 1.82) is 0 Å². The Kier molecular flexibility index (Phi) is 3.41. The zero-order chi connectivity index (χ0) is 16.0. The van der Waals surface area contributed by atoms with Crippen LogP contribution < -0.4 is 5.32 Å². The van der Waals surface area contributed by atoms with E-state index < -0.39 is 0 Å². The van der Waals surface area contributed by atoms with Crippen molar-refractivity contribution in [3.8, 4) is 0 Å². The molecule has 0 bridgehead atoms. The van der Waals surface area contributed by atoms with E-state index >= 15 is 0 Å². The van der Waals surface area contributed by atoms with Gasteiger partial charge in [0, 0.05) is 12.0 Å². The van der Waals surface area contributed by atoms with Gasteiger partial charge in [-0.05, 0) is 43.4 Å². The van der Waals surface area contributed by atoms with E-state index in [9.17, 15) is 4.79 Å². The van der Waals surface area contributed by atoms with Crippen molar-refractivity contribution in [2.45, 2.75) is 33.1 Å². The third-order valence-electron chi connectivity index (χ3n) is 4.27. The molecule has 1 amide bonds. The number of nitrogens with zero attached hydrogens (tertiary/aromatic N) is 2. The van der Waals surface area contributed by atoms with Crippen LogP contribution in [0.15, 0.2) is 22.7 Å². The predicted octanol–water partition coefficient (Wildman–Crippen LogP) is 3.97. The number of carbonyl (C=O) groups is 1. The summed E-state index contributed by atoms with van der Waals surface area (Å²) in [5.41, 5.74) is 3.44. The van der Waals surface area contributed by atoms with Crippen LogP contribution in [-0.4, -0.2) is 16.0 Å². The number of hydrogen-bond acceptors (Lipinski definition) is 5. The first-order valence-electron chi connectivity index (χ1n) is 7.76. The van der Waals surface area contributed by atoms with Crippen molar-refractivity contribution in [3.05, 3.63) is 40.8 Å². The minimum absolute atomic E-state index is 0.236. The van der Waals surface area contributed by atoms with Crippen LogP contribution >= 0.6 is 11.3 Å². The Bertz CT molecular complexity index is 897. The van der Waals surface area contributed by atoms with Gasteiger partial charge < -0.3 is 4.52 Å². The standard InChI is InChI=1S/C17H17N3O2S/c1-9-4-6-13-11(7-9)15(20-22-13)16(21)19-17-18-12-5-3-10(2)8-14(12)23-17/h3,5,8-9H,4,6-7H2,1-2H3,(H,18,19,21). The molecule has 0 radical (unpaired) electrons. The average molecular weight is 327 g/mol. The number of anilines is 1. The maximum Gasteiger partial charge on any atom is 0.279 e. The van der Waals surface area contributed by atoms with E-state index in [-0.39, 0.29) is 5.91 Å². The third-order valence-corrected chi connectivity index (χ3v) is 5.20. The summed E-state index contributed by atoms with van der Waals surface area (Å²) in [6.45, 7) is 4.23. The molecule has 1 aromatic carbocycles. The SMILES string of the molecule is Cc1ccc2nc(NC(=O)c3noc4c3CC(C)CC4)sc2c1. The minimum Gasteiger partial charge on any atom is -0.360 e. The molecule has 23 heavy (non-hydrogen) atoms. The summed E-state index contributed by atoms with van der Waals surface area (Å²) in [6, 6.07) is 6.06. The molecule has 6 heteroatoms. The number of fused-ring (bicyclic) bond motifs is 2. The van der Waals surface area contributed by atoms with Crippen LogP contribution in [0, 0.1) is 12.8 Å². The Hall–Kier alpha value is -2.21. The molecule has 0 saturated heterocycles. The van der Waals surface area contributed by atoms with Crippen molar-refractivity contribution in [2.24, 2.45) is 5.92 Å². The molecule has 0 fully saturated rings. The van der Waals surface area contributed by atoms with Gasteiger partial charge in [-0.2, -0.15) is 0 Å². The number of benzene rings is 1. The molecule has 5 nitrogen and oxygen atoms in total. The highest BCUT2D eigenvalue weighted by molar-refractivity contribution is 7.22. The van der Waals surface area contributed by atoms with E-state index in [0.29, 0.717) is 16.7 Å². The predicted molar refractivity (Wildman–Crippen MR) is 90.0 cm³/mol. The highest BCUT2D eigenvalue weighted by Crippen LogP contribution is 2.30. The lowest BCUT2D eigenvalue weighted by Crippen LogP contribution is -2.17. The van der Waals surface area contributed by atoms with Crippen LogP contribution in [0.1, 0.15) is 40.7 Å².